The molecule has 3 amide bonds. The van der Waals surface area contributed by atoms with Gasteiger partial charge < -0.3 is 20.3 Å². The second-order valence-corrected chi connectivity index (χ2v) is 7.34. The summed E-state index contributed by atoms with van der Waals surface area (Å²) in [5.74, 6) is -0.130. The van der Waals surface area contributed by atoms with E-state index >= 15 is 0 Å². The van der Waals surface area contributed by atoms with E-state index in [0.717, 1.165) is 24.9 Å². The molecular weight excluding hydrogens is 356 g/mol. The lowest BCUT2D eigenvalue weighted by Crippen LogP contribution is -2.48. The molecule has 1 aromatic heterocycles. The maximum atomic E-state index is 12.5. The Morgan fingerprint density at radius 2 is 1.75 bits per heavy atom. The molecule has 4 rings (SSSR count). The molecule has 1 unspecified atom stereocenters. The highest BCUT2D eigenvalue weighted by Gasteiger charge is 2.45. The van der Waals surface area contributed by atoms with Crippen molar-refractivity contribution in [2.75, 3.05) is 23.7 Å². The molecule has 2 N–H and O–H groups in total. The predicted molar refractivity (Wildman–Crippen MR) is 106 cm³/mol. The smallest absolute Gasteiger partial charge is 0.321 e. The topological polar surface area (TPSA) is 83.6 Å². The molecule has 1 aromatic carbocycles. The van der Waals surface area contributed by atoms with E-state index in [0.29, 0.717) is 25.2 Å². The minimum atomic E-state index is -0.454. The van der Waals surface area contributed by atoms with E-state index in [9.17, 15) is 9.59 Å². The second-order valence-electron chi connectivity index (χ2n) is 7.34. The van der Waals surface area contributed by atoms with Gasteiger partial charge in [0.2, 0.25) is 0 Å². The number of benzene rings is 1. The Labute approximate surface area is 164 Å². The zero-order valence-electron chi connectivity index (χ0n) is 15.6. The van der Waals surface area contributed by atoms with Crippen molar-refractivity contribution in [1.82, 2.24) is 9.88 Å². The first-order valence-electron chi connectivity index (χ1n) is 9.63. The van der Waals surface area contributed by atoms with Gasteiger partial charge in [-0.1, -0.05) is 18.2 Å². The Morgan fingerprint density at radius 1 is 1.00 bits per heavy atom. The third kappa shape index (κ3) is 4.14. The molecule has 0 saturated carbocycles. The summed E-state index contributed by atoms with van der Waals surface area (Å²) in [7, 11) is 0. The van der Waals surface area contributed by atoms with Crippen LogP contribution in [0.1, 0.15) is 25.7 Å². The summed E-state index contributed by atoms with van der Waals surface area (Å²) < 4.78 is 6.18. The van der Waals surface area contributed by atoms with Gasteiger partial charge in [0, 0.05) is 25.0 Å². The van der Waals surface area contributed by atoms with Crippen LogP contribution in [0.2, 0.25) is 0 Å². The number of carbonyl (C=O) groups excluding carboxylic acids is 2. The van der Waals surface area contributed by atoms with E-state index in [1.54, 1.807) is 24.5 Å². The van der Waals surface area contributed by atoms with E-state index in [1.807, 2.05) is 35.2 Å². The molecule has 2 fully saturated rings. The number of hydrogen-bond acceptors (Lipinski definition) is 4. The fraction of sp³-hybridized carbons (Fsp3) is 0.381. The van der Waals surface area contributed by atoms with Crippen LogP contribution in [0.4, 0.5) is 16.2 Å². The molecule has 0 bridgehead atoms. The number of anilines is 2. The number of piperidine rings is 1. The number of nitrogens with zero attached hydrogens (tertiary/aromatic N) is 2. The monoisotopic (exact) mass is 380 g/mol. The Kier molecular flexibility index (Phi) is 5.25. The lowest BCUT2D eigenvalue weighted by Gasteiger charge is -2.39. The van der Waals surface area contributed by atoms with Gasteiger partial charge in [0.25, 0.3) is 5.91 Å². The van der Waals surface area contributed by atoms with Gasteiger partial charge in [-0.15, -0.1) is 0 Å². The Bertz CT molecular complexity index is 820. The van der Waals surface area contributed by atoms with Crippen LogP contribution in [-0.2, 0) is 9.53 Å². The largest absolute Gasteiger partial charge is 0.362 e. The average Bonchev–Trinajstić information content (AvgIpc) is 3.14. The third-order valence-electron chi connectivity index (χ3n) is 5.46. The van der Waals surface area contributed by atoms with Crippen molar-refractivity contribution in [1.29, 1.82) is 0 Å². The van der Waals surface area contributed by atoms with Crippen molar-refractivity contribution in [3.63, 3.8) is 0 Å². The summed E-state index contributed by atoms with van der Waals surface area (Å²) in [5, 5.41) is 5.78. The van der Waals surface area contributed by atoms with Crippen LogP contribution in [0, 0.1) is 0 Å². The van der Waals surface area contributed by atoms with Gasteiger partial charge >= 0.3 is 6.03 Å². The molecule has 2 saturated heterocycles. The zero-order valence-corrected chi connectivity index (χ0v) is 15.6. The lowest BCUT2D eigenvalue weighted by molar-refractivity contribution is -0.134. The van der Waals surface area contributed by atoms with Gasteiger partial charge in [-0.05, 0) is 49.9 Å². The average molecular weight is 380 g/mol. The van der Waals surface area contributed by atoms with E-state index in [-0.39, 0.29) is 17.5 Å². The standard InChI is InChI=1S/C21H24N4O3/c26-19(23-17-7-4-12-22-15-17)18-8-9-21(28-18)10-13-25(14-11-21)20(27)24-16-5-2-1-3-6-16/h1-7,12,15,18H,8-11,13-14H2,(H,23,26)(H,24,27). The molecule has 3 heterocycles. The number of hydrogen-bond donors (Lipinski definition) is 2. The number of pyridine rings is 1. The predicted octanol–water partition coefficient (Wildman–Crippen LogP) is 3.27. The number of likely N-dealkylation sites (tertiary alicyclic amines) is 1. The van der Waals surface area contributed by atoms with Gasteiger partial charge in [-0.3, -0.25) is 9.78 Å². The van der Waals surface area contributed by atoms with Crippen LogP contribution >= 0.6 is 0 Å². The summed E-state index contributed by atoms with van der Waals surface area (Å²) >= 11 is 0. The first-order valence-corrected chi connectivity index (χ1v) is 9.63. The molecule has 1 spiro atoms. The van der Waals surface area contributed by atoms with Gasteiger partial charge in [0.1, 0.15) is 6.10 Å². The number of ether oxygens (including phenoxy) is 1. The van der Waals surface area contributed by atoms with Crippen molar-refractivity contribution < 1.29 is 14.3 Å². The van der Waals surface area contributed by atoms with Crippen LogP contribution in [0.15, 0.2) is 54.9 Å². The molecule has 1 atom stereocenters. The zero-order chi connectivity index (χ0) is 19.4. The lowest BCUT2D eigenvalue weighted by atomic mass is 9.88. The maximum Gasteiger partial charge on any atom is 0.321 e. The molecule has 0 aliphatic carbocycles. The molecule has 2 aliphatic rings. The Hall–Kier alpha value is -2.93. The summed E-state index contributed by atoms with van der Waals surface area (Å²) in [6, 6.07) is 12.9. The highest BCUT2D eigenvalue weighted by atomic mass is 16.5. The van der Waals surface area contributed by atoms with Crippen molar-refractivity contribution in [2.45, 2.75) is 37.4 Å². The summed E-state index contributed by atoms with van der Waals surface area (Å²) in [6.45, 7) is 1.24. The highest BCUT2D eigenvalue weighted by molar-refractivity contribution is 5.94. The van der Waals surface area contributed by atoms with Crippen LogP contribution in [0.5, 0.6) is 0 Å². The van der Waals surface area contributed by atoms with Gasteiger partial charge in [-0.2, -0.15) is 0 Å². The first kappa shape index (κ1) is 18.4. The number of urea groups is 1. The van der Waals surface area contributed by atoms with Crippen molar-refractivity contribution >= 4 is 23.3 Å². The fourth-order valence-electron chi connectivity index (χ4n) is 3.87. The number of nitrogens with one attached hydrogen (secondary N) is 2. The van der Waals surface area contributed by atoms with Gasteiger partial charge in [-0.25, -0.2) is 4.79 Å². The van der Waals surface area contributed by atoms with E-state index in [4.69, 9.17) is 4.74 Å². The molecule has 28 heavy (non-hydrogen) atoms. The molecule has 2 aliphatic heterocycles. The molecular formula is C21H24N4O3. The maximum absolute atomic E-state index is 12.5. The first-order chi connectivity index (χ1) is 13.6. The van der Waals surface area contributed by atoms with Crippen molar-refractivity contribution in [2.24, 2.45) is 0 Å². The molecule has 7 nitrogen and oxygen atoms in total. The SMILES string of the molecule is O=C(Nc1cccnc1)C1CCC2(CCN(C(=O)Nc3ccccc3)CC2)O1. The summed E-state index contributed by atoms with van der Waals surface area (Å²) in [6.07, 6.45) is 5.85. The number of para-hydroxylation sites is 1. The second kappa shape index (κ2) is 7.98. The minimum Gasteiger partial charge on any atom is -0.362 e. The number of carbonyl (C=O) groups is 2. The number of amides is 3. The number of rotatable bonds is 3. The quantitative estimate of drug-likeness (QED) is 0.856. The van der Waals surface area contributed by atoms with E-state index in [1.165, 1.54) is 0 Å². The summed E-state index contributed by atoms with van der Waals surface area (Å²) in [4.78, 5) is 30.7. The number of aromatic nitrogens is 1. The van der Waals surface area contributed by atoms with Gasteiger partial charge in [0.15, 0.2) is 0 Å². The molecule has 7 heteroatoms. The minimum absolute atomic E-state index is 0.0927. The van der Waals surface area contributed by atoms with E-state index < -0.39 is 6.10 Å². The normalized spacial score (nSPS) is 20.7. The Morgan fingerprint density at radius 3 is 2.46 bits per heavy atom. The van der Waals surface area contributed by atoms with Crippen molar-refractivity contribution in [3.05, 3.63) is 54.9 Å². The van der Waals surface area contributed by atoms with Crippen LogP contribution in [0.3, 0.4) is 0 Å². The Balaban J connectivity index is 1.28. The molecule has 146 valence electrons. The third-order valence-corrected chi connectivity index (χ3v) is 5.46. The molecule has 2 aromatic rings. The van der Waals surface area contributed by atoms with Crippen LogP contribution in [-0.4, -0.2) is 46.6 Å². The van der Waals surface area contributed by atoms with E-state index in [2.05, 4.69) is 15.6 Å². The fourth-order valence-corrected chi connectivity index (χ4v) is 3.87. The van der Waals surface area contributed by atoms with Crippen molar-refractivity contribution in [3.8, 4) is 0 Å². The highest BCUT2D eigenvalue weighted by Crippen LogP contribution is 2.39. The van der Waals surface area contributed by atoms with Crippen LogP contribution < -0.4 is 10.6 Å². The van der Waals surface area contributed by atoms with Crippen LogP contribution in [0.25, 0.3) is 0 Å². The summed E-state index contributed by atoms with van der Waals surface area (Å²) in [5.41, 5.74) is 1.15. The van der Waals surface area contributed by atoms with Gasteiger partial charge in [0.05, 0.1) is 17.5 Å². The molecule has 0 radical (unpaired) electrons.